The summed E-state index contributed by atoms with van der Waals surface area (Å²) in [6.45, 7) is 3.91. The number of benzene rings is 1. The van der Waals surface area contributed by atoms with Crippen molar-refractivity contribution in [3.05, 3.63) is 51.5 Å². The smallest absolute Gasteiger partial charge is 0.360 e. The highest BCUT2D eigenvalue weighted by atomic mass is 32.1. The molecule has 0 spiro atoms. The van der Waals surface area contributed by atoms with Crippen LogP contribution in [0.2, 0.25) is 0 Å². The number of carbonyl (C=O) groups is 1. The van der Waals surface area contributed by atoms with Crippen molar-refractivity contribution in [2.45, 2.75) is 20.5 Å². The van der Waals surface area contributed by atoms with Crippen LogP contribution in [0.3, 0.4) is 0 Å². The second-order valence-electron chi connectivity index (χ2n) is 5.00. The van der Waals surface area contributed by atoms with Crippen LogP contribution in [-0.2, 0) is 25.8 Å². The molecule has 0 radical (unpaired) electrons. The molecule has 1 heterocycles. The number of aromatic nitrogens is 1. The average molecular weight is 361 g/mol. The van der Waals surface area contributed by atoms with Crippen LogP contribution >= 0.6 is 11.3 Å². The van der Waals surface area contributed by atoms with Crippen molar-refractivity contribution in [2.24, 2.45) is 10.3 Å². The van der Waals surface area contributed by atoms with E-state index in [9.17, 15) is 4.79 Å². The molecule has 0 atom stereocenters. The predicted octanol–water partition coefficient (Wildman–Crippen LogP) is 2.92. The van der Waals surface area contributed by atoms with Crippen LogP contribution in [-0.4, -0.2) is 36.6 Å². The van der Waals surface area contributed by atoms with Crippen LogP contribution in [0, 0.1) is 6.92 Å². The summed E-state index contributed by atoms with van der Waals surface area (Å²) in [7, 11) is 2.66. The molecule has 0 fully saturated rings. The van der Waals surface area contributed by atoms with E-state index in [4.69, 9.17) is 14.4 Å². The van der Waals surface area contributed by atoms with Gasteiger partial charge in [0.05, 0.1) is 7.11 Å². The van der Waals surface area contributed by atoms with Gasteiger partial charge in [0.15, 0.2) is 5.71 Å². The third kappa shape index (κ3) is 4.63. The quantitative estimate of drug-likeness (QED) is 0.430. The number of hydrogen-bond acceptors (Lipinski definition) is 8. The molecule has 0 N–H and O–H groups in total. The lowest BCUT2D eigenvalue weighted by Crippen LogP contribution is -2.20. The summed E-state index contributed by atoms with van der Waals surface area (Å²) < 4.78 is 4.78. The number of carbonyl (C=O) groups excluding carboxylic acids is 1. The number of esters is 1. The van der Waals surface area contributed by atoms with Gasteiger partial charge in [0.2, 0.25) is 0 Å². The standard InChI is InChI=1S/C17H19N3O4S/c1-11-6-5-7-13(15(20-23-4)17(21)22-3)14(11)10-24-19-12(2)16-18-8-9-25-16/h5-9H,10H2,1-4H3/b19-12+,20-15+. The van der Waals surface area contributed by atoms with Crippen molar-refractivity contribution in [2.75, 3.05) is 14.2 Å². The molecule has 8 heteroatoms. The van der Waals surface area contributed by atoms with Gasteiger partial charge in [-0.15, -0.1) is 11.3 Å². The molecule has 2 aromatic rings. The first-order chi connectivity index (χ1) is 12.1. The molecule has 0 unspecified atom stereocenters. The molecule has 0 aliphatic rings. The van der Waals surface area contributed by atoms with Crippen LogP contribution in [0.15, 0.2) is 40.1 Å². The average Bonchev–Trinajstić information content (AvgIpc) is 3.15. The Morgan fingerprint density at radius 1 is 1.28 bits per heavy atom. The highest BCUT2D eigenvalue weighted by molar-refractivity contribution is 7.11. The topological polar surface area (TPSA) is 82.4 Å². The molecule has 2 rings (SSSR count). The second kappa shape index (κ2) is 8.93. The number of ether oxygens (including phenoxy) is 1. The summed E-state index contributed by atoms with van der Waals surface area (Å²) in [5.74, 6) is -0.587. The lowest BCUT2D eigenvalue weighted by Gasteiger charge is -2.12. The van der Waals surface area contributed by atoms with Gasteiger partial charge < -0.3 is 14.4 Å². The fraction of sp³-hybridized carbons (Fsp3) is 0.294. The molecule has 0 aliphatic carbocycles. The minimum Gasteiger partial charge on any atom is -0.464 e. The normalized spacial score (nSPS) is 12.0. The molecule has 0 amide bonds. The van der Waals surface area contributed by atoms with Gasteiger partial charge in [0.1, 0.15) is 24.4 Å². The fourth-order valence-electron chi connectivity index (χ4n) is 2.13. The number of nitrogens with zero attached hydrogens (tertiary/aromatic N) is 3. The van der Waals surface area contributed by atoms with Crippen molar-refractivity contribution in [1.82, 2.24) is 4.98 Å². The first-order valence-electron chi connectivity index (χ1n) is 7.43. The van der Waals surface area contributed by atoms with Crippen molar-refractivity contribution < 1.29 is 19.2 Å². The monoisotopic (exact) mass is 361 g/mol. The minimum absolute atomic E-state index is 0.0768. The number of aryl methyl sites for hydroxylation is 1. The third-order valence-electron chi connectivity index (χ3n) is 3.38. The molecule has 0 aliphatic heterocycles. The van der Waals surface area contributed by atoms with E-state index in [0.717, 1.165) is 16.1 Å². The zero-order valence-corrected chi connectivity index (χ0v) is 15.3. The molecule has 7 nitrogen and oxygen atoms in total. The highest BCUT2D eigenvalue weighted by Gasteiger charge is 2.20. The van der Waals surface area contributed by atoms with Gasteiger partial charge in [-0.2, -0.15) is 0 Å². The fourth-order valence-corrected chi connectivity index (χ4v) is 2.72. The molecular weight excluding hydrogens is 342 g/mol. The van der Waals surface area contributed by atoms with Gasteiger partial charge >= 0.3 is 5.97 Å². The van der Waals surface area contributed by atoms with Crippen LogP contribution in [0.1, 0.15) is 28.6 Å². The Kier molecular flexibility index (Phi) is 6.64. The van der Waals surface area contributed by atoms with Gasteiger partial charge in [-0.05, 0) is 19.4 Å². The highest BCUT2D eigenvalue weighted by Crippen LogP contribution is 2.18. The Labute approximate surface area is 149 Å². The summed E-state index contributed by atoms with van der Waals surface area (Å²) in [4.78, 5) is 26.4. The lowest BCUT2D eigenvalue weighted by molar-refractivity contribution is -0.132. The van der Waals surface area contributed by atoms with Crippen LogP contribution in [0.5, 0.6) is 0 Å². The van der Waals surface area contributed by atoms with Crippen LogP contribution < -0.4 is 0 Å². The number of rotatable bonds is 7. The number of methoxy groups -OCH3 is 1. The maximum absolute atomic E-state index is 12.0. The first-order valence-corrected chi connectivity index (χ1v) is 8.31. The molecule has 0 saturated heterocycles. The van der Waals surface area contributed by atoms with E-state index in [1.165, 1.54) is 25.6 Å². The number of thiazole rings is 1. The first kappa shape index (κ1) is 18.6. The molecule has 0 bridgehead atoms. The Morgan fingerprint density at radius 3 is 2.72 bits per heavy atom. The molecule has 1 aromatic heterocycles. The van der Waals surface area contributed by atoms with E-state index in [-0.39, 0.29) is 12.3 Å². The predicted molar refractivity (Wildman–Crippen MR) is 95.9 cm³/mol. The molecule has 25 heavy (non-hydrogen) atoms. The second-order valence-corrected chi connectivity index (χ2v) is 5.90. The Balaban J connectivity index is 2.27. The van der Waals surface area contributed by atoms with E-state index in [1.54, 1.807) is 12.3 Å². The zero-order chi connectivity index (χ0) is 18.2. The van der Waals surface area contributed by atoms with E-state index in [1.807, 2.05) is 31.4 Å². The van der Waals surface area contributed by atoms with E-state index >= 15 is 0 Å². The summed E-state index contributed by atoms with van der Waals surface area (Å²) in [5.41, 5.74) is 3.05. The number of oxime groups is 2. The summed E-state index contributed by atoms with van der Waals surface area (Å²) in [6, 6.07) is 5.51. The van der Waals surface area contributed by atoms with Crippen molar-refractivity contribution in [3.8, 4) is 0 Å². The minimum atomic E-state index is -0.587. The van der Waals surface area contributed by atoms with Gasteiger partial charge in [0.25, 0.3) is 0 Å². The van der Waals surface area contributed by atoms with Gasteiger partial charge in [-0.1, -0.05) is 28.5 Å². The van der Waals surface area contributed by atoms with Gasteiger partial charge in [-0.3, -0.25) is 0 Å². The Hall–Kier alpha value is -2.74. The molecule has 1 aromatic carbocycles. The summed E-state index contributed by atoms with van der Waals surface area (Å²) >= 11 is 1.48. The third-order valence-corrected chi connectivity index (χ3v) is 4.26. The maximum atomic E-state index is 12.0. The van der Waals surface area contributed by atoms with Gasteiger partial charge in [0, 0.05) is 22.7 Å². The maximum Gasteiger partial charge on any atom is 0.360 e. The zero-order valence-electron chi connectivity index (χ0n) is 14.5. The summed E-state index contributed by atoms with van der Waals surface area (Å²) in [5, 5.41) is 10.6. The van der Waals surface area contributed by atoms with Crippen LogP contribution in [0.4, 0.5) is 0 Å². The van der Waals surface area contributed by atoms with Crippen molar-refractivity contribution in [1.29, 1.82) is 0 Å². The SMILES string of the molecule is CO/N=C(/C(=O)OC)c1cccc(C)c1CO/N=C(\C)c1nccs1. The van der Waals surface area contributed by atoms with E-state index in [0.29, 0.717) is 11.3 Å². The molecule has 132 valence electrons. The van der Waals surface area contributed by atoms with Crippen LogP contribution in [0.25, 0.3) is 0 Å². The lowest BCUT2D eigenvalue weighted by atomic mass is 9.99. The van der Waals surface area contributed by atoms with Crippen molar-refractivity contribution >= 4 is 28.7 Å². The Morgan fingerprint density at radius 2 is 2.08 bits per heavy atom. The largest absolute Gasteiger partial charge is 0.464 e. The summed E-state index contributed by atoms with van der Waals surface area (Å²) in [6.07, 6.45) is 1.71. The van der Waals surface area contributed by atoms with E-state index in [2.05, 4.69) is 15.3 Å². The van der Waals surface area contributed by atoms with Gasteiger partial charge in [-0.25, -0.2) is 9.78 Å². The molecular formula is C17H19N3O4S. The van der Waals surface area contributed by atoms with Crippen molar-refractivity contribution in [3.63, 3.8) is 0 Å². The number of hydrogen-bond donors (Lipinski definition) is 0. The Bertz CT molecular complexity index is 785. The molecule has 0 saturated carbocycles. The van der Waals surface area contributed by atoms with E-state index < -0.39 is 5.97 Å².